The van der Waals surface area contributed by atoms with Crippen LogP contribution in [0.5, 0.6) is 5.88 Å². The third-order valence-corrected chi connectivity index (χ3v) is 5.87. The van der Waals surface area contributed by atoms with E-state index >= 15 is 0 Å². The molecule has 0 unspecified atom stereocenters. The Morgan fingerprint density at radius 1 is 1.39 bits per heavy atom. The Bertz CT molecular complexity index is 1070. The van der Waals surface area contributed by atoms with Crippen molar-refractivity contribution in [1.82, 2.24) is 15.2 Å². The van der Waals surface area contributed by atoms with Gasteiger partial charge in [0.15, 0.2) is 0 Å². The number of hydrogen-bond donors (Lipinski definition) is 1. The predicted molar refractivity (Wildman–Crippen MR) is 124 cm³/mol. The van der Waals surface area contributed by atoms with Gasteiger partial charge in [0.05, 0.1) is 30.0 Å². The molecule has 2 aliphatic rings. The maximum atomic E-state index is 14.1. The predicted octanol–water partition coefficient (Wildman–Crippen LogP) is 3.17. The molecule has 0 aliphatic carbocycles. The monoisotopic (exact) mass is 449 g/mol. The van der Waals surface area contributed by atoms with E-state index in [4.69, 9.17) is 14.7 Å². The van der Waals surface area contributed by atoms with Crippen LogP contribution in [0.1, 0.15) is 29.7 Å². The molecule has 1 saturated heterocycles. The zero-order valence-corrected chi connectivity index (χ0v) is 18.8. The van der Waals surface area contributed by atoms with Gasteiger partial charge in [-0.05, 0) is 36.6 Å². The maximum Gasteiger partial charge on any atom is 0.214 e. The number of rotatable bonds is 8. The van der Waals surface area contributed by atoms with E-state index in [2.05, 4.69) is 26.3 Å². The summed E-state index contributed by atoms with van der Waals surface area (Å²) in [5.74, 6) is 0.971. The van der Waals surface area contributed by atoms with Crippen molar-refractivity contribution in [3.63, 3.8) is 0 Å². The third-order valence-electron chi connectivity index (χ3n) is 5.87. The Hall–Kier alpha value is -3.28. The highest BCUT2D eigenvalue weighted by Crippen LogP contribution is 2.23. The highest BCUT2D eigenvalue weighted by atomic mass is 19.1. The molecular weight excluding hydrogens is 421 g/mol. The molecule has 33 heavy (non-hydrogen) atoms. The summed E-state index contributed by atoms with van der Waals surface area (Å²) in [6, 6.07) is 11.9. The topological polar surface area (TPSA) is 82.8 Å². The molecule has 0 radical (unpaired) electrons. The number of ether oxygens (including phenoxy) is 2. The molecule has 0 spiro atoms. The van der Waals surface area contributed by atoms with E-state index in [1.165, 1.54) is 11.6 Å². The Balaban J connectivity index is 1.31. The summed E-state index contributed by atoms with van der Waals surface area (Å²) in [6.45, 7) is 4.23. The van der Waals surface area contributed by atoms with Crippen LogP contribution in [-0.4, -0.2) is 61.7 Å². The molecule has 1 atom stereocenters. The molecule has 0 saturated carbocycles. The number of hydrogen-bond acceptors (Lipinski definition) is 6. The summed E-state index contributed by atoms with van der Waals surface area (Å²) in [7, 11) is 1.81. The molecule has 8 heteroatoms. The van der Waals surface area contributed by atoms with Crippen LogP contribution in [0.2, 0.25) is 0 Å². The largest absolute Gasteiger partial charge is 0.473 e. The van der Waals surface area contributed by atoms with Crippen molar-refractivity contribution in [2.75, 3.05) is 39.8 Å². The number of benzene rings is 1. The quantitative estimate of drug-likeness (QED) is 0.492. The van der Waals surface area contributed by atoms with Crippen molar-refractivity contribution in [2.45, 2.75) is 25.6 Å². The van der Waals surface area contributed by atoms with Gasteiger partial charge < -0.3 is 14.8 Å². The van der Waals surface area contributed by atoms with Crippen molar-refractivity contribution < 1.29 is 13.9 Å². The van der Waals surface area contributed by atoms with Crippen LogP contribution < -0.4 is 10.1 Å². The summed E-state index contributed by atoms with van der Waals surface area (Å²) in [5, 5.41) is 12.3. The Morgan fingerprint density at radius 3 is 2.94 bits per heavy atom. The van der Waals surface area contributed by atoms with E-state index < -0.39 is 5.82 Å². The molecule has 2 aromatic rings. The smallest absolute Gasteiger partial charge is 0.214 e. The summed E-state index contributed by atoms with van der Waals surface area (Å²) in [6.07, 6.45) is 4.49. The molecule has 1 aromatic heterocycles. The molecule has 172 valence electrons. The molecule has 3 heterocycles. The lowest BCUT2D eigenvalue weighted by Gasteiger charge is -2.29. The second-order valence-corrected chi connectivity index (χ2v) is 8.11. The first-order valence-electron chi connectivity index (χ1n) is 11.2. The van der Waals surface area contributed by atoms with Crippen molar-refractivity contribution in [3.8, 4) is 11.9 Å². The number of aromatic nitrogens is 1. The zero-order chi connectivity index (χ0) is 23.0. The van der Waals surface area contributed by atoms with Gasteiger partial charge in [0, 0.05) is 44.9 Å². The summed E-state index contributed by atoms with van der Waals surface area (Å²) >= 11 is 0. The fraction of sp³-hybridized carbons (Fsp3) is 0.400. The molecule has 1 aromatic carbocycles. The van der Waals surface area contributed by atoms with Crippen molar-refractivity contribution >= 4 is 11.4 Å². The molecule has 4 rings (SSSR count). The molecule has 1 N–H and O–H groups in total. The van der Waals surface area contributed by atoms with E-state index in [0.29, 0.717) is 17.5 Å². The van der Waals surface area contributed by atoms with Gasteiger partial charge in [-0.15, -0.1) is 0 Å². The number of halogens is 1. The Kier molecular flexibility index (Phi) is 7.66. The van der Waals surface area contributed by atoms with Gasteiger partial charge >= 0.3 is 0 Å². The average molecular weight is 450 g/mol. The van der Waals surface area contributed by atoms with Gasteiger partial charge in [-0.25, -0.2) is 9.37 Å². The van der Waals surface area contributed by atoms with E-state index in [0.717, 1.165) is 57.2 Å². The normalized spacial score (nSPS) is 18.8. The minimum absolute atomic E-state index is 0.0544. The van der Waals surface area contributed by atoms with E-state index in [9.17, 15) is 4.39 Å². The second-order valence-electron chi connectivity index (χ2n) is 8.11. The summed E-state index contributed by atoms with van der Waals surface area (Å²) < 4.78 is 25.3. The maximum absolute atomic E-state index is 14.1. The Labute approximate surface area is 193 Å². The van der Waals surface area contributed by atoms with Crippen molar-refractivity contribution in [3.05, 3.63) is 65.1 Å². The summed E-state index contributed by atoms with van der Waals surface area (Å²) in [5.41, 5.74) is 2.72. The number of nitriles is 1. The second kappa shape index (κ2) is 11.0. The Morgan fingerprint density at radius 2 is 2.27 bits per heavy atom. The first-order chi connectivity index (χ1) is 16.1. The fourth-order valence-corrected chi connectivity index (χ4v) is 3.74. The lowest BCUT2D eigenvalue weighted by Crippen LogP contribution is -2.44. The van der Waals surface area contributed by atoms with Gasteiger partial charge in [-0.2, -0.15) is 5.26 Å². The fourth-order valence-electron chi connectivity index (χ4n) is 3.74. The average Bonchev–Trinajstić information content (AvgIpc) is 2.82. The van der Waals surface area contributed by atoms with Crippen LogP contribution in [0.3, 0.4) is 0 Å². The van der Waals surface area contributed by atoms with Crippen LogP contribution >= 0.6 is 0 Å². The number of pyridine rings is 1. The standard InChI is InChI=1S/C25H28FN5O2/c1-28-24(29-15-21-9-12-32-21)16-31-10-7-19(8-11-31)23-3-2-4-25(30-23)33-17-20-6-5-18(14-27)13-22(20)26/h2-7,13,21H,8-12,15-17H2,1H3,(H,28,29)/t21-/m0/s1. The van der Waals surface area contributed by atoms with Gasteiger partial charge in [-0.1, -0.05) is 18.2 Å². The molecule has 0 amide bonds. The first-order valence-corrected chi connectivity index (χ1v) is 11.2. The first kappa shape index (κ1) is 22.9. The number of nitrogens with one attached hydrogen (secondary N) is 1. The summed E-state index contributed by atoms with van der Waals surface area (Å²) in [4.78, 5) is 11.3. The van der Waals surface area contributed by atoms with Gasteiger partial charge in [0.25, 0.3) is 0 Å². The van der Waals surface area contributed by atoms with Gasteiger partial charge in [0.2, 0.25) is 5.88 Å². The number of aliphatic imine (C=N–C) groups is 1. The molecule has 0 bridgehead atoms. The van der Waals surface area contributed by atoms with E-state index in [1.807, 2.05) is 25.2 Å². The molecular formula is C25H28FN5O2. The number of amidine groups is 1. The van der Waals surface area contributed by atoms with Crippen molar-refractivity contribution in [1.29, 1.82) is 5.26 Å². The van der Waals surface area contributed by atoms with Crippen molar-refractivity contribution in [2.24, 2.45) is 4.99 Å². The minimum Gasteiger partial charge on any atom is -0.473 e. The zero-order valence-electron chi connectivity index (χ0n) is 18.8. The third kappa shape index (κ3) is 6.15. The van der Waals surface area contributed by atoms with Gasteiger partial charge in [-0.3, -0.25) is 9.89 Å². The lowest BCUT2D eigenvalue weighted by atomic mass is 10.0. The van der Waals surface area contributed by atoms with Gasteiger partial charge in [0.1, 0.15) is 18.3 Å². The highest BCUT2D eigenvalue weighted by molar-refractivity contribution is 5.84. The molecule has 7 nitrogen and oxygen atoms in total. The number of nitrogens with zero attached hydrogens (tertiary/aromatic N) is 4. The molecule has 1 fully saturated rings. The van der Waals surface area contributed by atoms with E-state index in [1.54, 1.807) is 18.2 Å². The van der Waals surface area contributed by atoms with Crippen LogP contribution in [0.25, 0.3) is 5.57 Å². The van der Waals surface area contributed by atoms with Crippen LogP contribution in [-0.2, 0) is 11.3 Å². The SMILES string of the molecule is C/N=C(/CN1CC=C(c2cccc(OCc3ccc(C#N)cc3F)n2)CC1)NC[C@@H]1CCO1. The van der Waals surface area contributed by atoms with Crippen LogP contribution in [0.15, 0.2) is 47.5 Å². The van der Waals surface area contributed by atoms with Crippen LogP contribution in [0, 0.1) is 17.1 Å². The van der Waals surface area contributed by atoms with E-state index in [-0.39, 0.29) is 12.2 Å². The lowest BCUT2D eigenvalue weighted by molar-refractivity contribution is -0.0460. The van der Waals surface area contributed by atoms with Crippen LogP contribution in [0.4, 0.5) is 4.39 Å². The highest BCUT2D eigenvalue weighted by Gasteiger charge is 2.20. The minimum atomic E-state index is -0.454. The molecule has 2 aliphatic heterocycles.